The maximum Gasteiger partial charge on any atom is 0.242 e. The summed E-state index contributed by atoms with van der Waals surface area (Å²) in [6, 6.07) is 0. The van der Waals surface area contributed by atoms with E-state index in [0.717, 1.165) is 19.5 Å². The van der Waals surface area contributed by atoms with E-state index >= 15 is 0 Å². The van der Waals surface area contributed by atoms with Crippen LogP contribution in [0.15, 0.2) is 0 Å². The molecule has 12 heavy (non-hydrogen) atoms. The van der Waals surface area contributed by atoms with E-state index in [1.807, 2.05) is 0 Å². The van der Waals surface area contributed by atoms with Crippen molar-refractivity contribution in [1.29, 1.82) is 0 Å². The Bertz CT molecular complexity index is 207. The second-order valence-corrected chi connectivity index (χ2v) is 4.81. The van der Waals surface area contributed by atoms with Gasteiger partial charge in [-0.25, -0.2) is 5.43 Å². The van der Waals surface area contributed by atoms with Gasteiger partial charge in [0.05, 0.1) is 5.92 Å². The zero-order chi connectivity index (χ0) is 8.77. The molecule has 1 saturated heterocycles. The zero-order valence-corrected chi connectivity index (χ0v) is 8.03. The standard InChI is InChI=1S/C7H10Cl2N2O/c8-7(9)4-5(7)6(12)11-3-1-2-10-11/h5,10H,1-4H2. The van der Waals surface area contributed by atoms with Crippen LogP contribution in [0.4, 0.5) is 0 Å². The SMILES string of the molecule is O=C(C1CC1(Cl)Cl)N1CCCN1. The molecule has 0 aromatic heterocycles. The van der Waals surface area contributed by atoms with Crippen molar-refractivity contribution in [3.63, 3.8) is 0 Å². The van der Waals surface area contributed by atoms with Gasteiger partial charge in [0.15, 0.2) is 0 Å². The van der Waals surface area contributed by atoms with Crippen LogP contribution in [0.2, 0.25) is 0 Å². The third-order valence-electron chi connectivity index (χ3n) is 2.25. The van der Waals surface area contributed by atoms with Gasteiger partial charge in [-0.3, -0.25) is 9.80 Å². The number of hydrogen-bond acceptors (Lipinski definition) is 2. The molecule has 0 radical (unpaired) electrons. The number of nitrogens with zero attached hydrogens (tertiary/aromatic N) is 1. The minimum Gasteiger partial charge on any atom is -0.278 e. The average molecular weight is 209 g/mol. The molecule has 0 aromatic rings. The lowest BCUT2D eigenvalue weighted by Crippen LogP contribution is -2.38. The second-order valence-electron chi connectivity index (χ2n) is 3.27. The maximum absolute atomic E-state index is 11.5. The summed E-state index contributed by atoms with van der Waals surface area (Å²) in [6.45, 7) is 1.65. The molecule has 0 bridgehead atoms. The van der Waals surface area contributed by atoms with E-state index in [0.29, 0.717) is 6.42 Å². The minimum absolute atomic E-state index is 0.0394. The summed E-state index contributed by atoms with van der Waals surface area (Å²) in [6.07, 6.45) is 1.60. The first-order chi connectivity index (χ1) is 5.61. The number of amides is 1. The summed E-state index contributed by atoms with van der Waals surface area (Å²) in [5, 5.41) is 1.62. The lowest BCUT2D eigenvalue weighted by atomic mass is 10.4. The molecule has 68 valence electrons. The number of hydrogen-bond donors (Lipinski definition) is 1. The Labute approximate surface area is 81.0 Å². The molecular formula is C7H10Cl2N2O. The number of halogens is 2. The first kappa shape index (κ1) is 8.60. The molecule has 1 aliphatic heterocycles. The molecule has 1 unspecified atom stereocenters. The van der Waals surface area contributed by atoms with Crippen molar-refractivity contribution in [3.05, 3.63) is 0 Å². The Morgan fingerprint density at radius 3 is 2.67 bits per heavy atom. The maximum atomic E-state index is 11.5. The highest BCUT2D eigenvalue weighted by Crippen LogP contribution is 2.53. The van der Waals surface area contributed by atoms with E-state index in [1.54, 1.807) is 5.01 Å². The van der Waals surface area contributed by atoms with Gasteiger partial charge in [0.25, 0.3) is 0 Å². The van der Waals surface area contributed by atoms with Gasteiger partial charge in [0.1, 0.15) is 4.33 Å². The normalized spacial score (nSPS) is 32.2. The van der Waals surface area contributed by atoms with E-state index in [-0.39, 0.29) is 11.8 Å². The van der Waals surface area contributed by atoms with Gasteiger partial charge in [-0.2, -0.15) is 0 Å². The lowest BCUT2D eigenvalue weighted by Gasteiger charge is -2.15. The van der Waals surface area contributed by atoms with Crippen molar-refractivity contribution in [2.75, 3.05) is 13.1 Å². The summed E-state index contributed by atoms with van der Waals surface area (Å²) in [5.41, 5.74) is 2.98. The van der Waals surface area contributed by atoms with Gasteiger partial charge in [-0.1, -0.05) is 0 Å². The summed E-state index contributed by atoms with van der Waals surface area (Å²) < 4.78 is -0.790. The molecule has 5 heteroatoms. The molecule has 1 heterocycles. The molecule has 2 rings (SSSR count). The molecule has 1 amide bonds. The lowest BCUT2D eigenvalue weighted by molar-refractivity contribution is -0.134. The van der Waals surface area contributed by atoms with Crippen LogP contribution in [0.1, 0.15) is 12.8 Å². The number of nitrogens with one attached hydrogen (secondary N) is 1. The third kappa shape index (κ3) is 1.41. The van der Waals surface area contributed by atoms with Gasteiger partial charge in [0, 0.05) is 13.1 Å². The van der Waals surface area contributed by atoms with Gasteiger partial charge < -0.3 is 0 Å². The Balaban J connectivity index is 1.93. The molecule has 0 spiro atoms. The van der Waals surface area contributed by atoms with Crippen LogP contribution in [0.25, 0.3) is 0 Å². The minimum atomic E-state index is -0.790. The third-order valence-corrected chi connectivity index (χ3v) is 3.09. The molecule has 0 aromatic carbocycles. The van der Waals surface area contributed by atoms with Crippen molar-refractivity contribution >= 4 is 29.1 Å². The van der Waals surface area contributed by atoms with Crippen molar-refractivity contribution in [2.24, 2.45) is 5.92 Å². The van der Waals surface area contributed by atoms with Crippen LogP contribution in [-0.2, 0) is 4.79 Å². The van der Waals surface area contributed by atoms with Gasteiger partial charge >= 0.3 is 0 Å². The van der Waals surface area contributed by atoms with E-state index in [1.165, 1.54) is 0 Å². The van der Waals surface area contributed by atoms with Gasteiger partial charge in [-0.05, 0) is 12.8 Å². The zero-order valence-electron chi connectivity index (χ0n) is 6.52. The van der Waals surface area contributed by atoms with Crippen LogP contribution in [0.5, 0.6) is 0 Å². The van der Waals surface area contributed by atoms with Gasteiger partial charge in [0.2, 0.25) is 5.91 Å². The van der Waals surface area contributed by atoms with E-state index in [2.05, 4.69) is 5.43 Å². The second kappa shape index (κ2) is 2.76. The van der Waals surface area contributed by atoms with E-state index in [9.17, 15) is 4.79 Å². The summed E-state index contributed by atoms with van der Waals surface area (Å²) in [5.74, 6) is -0.149. The highest BCUT2D eigenvalue weighted by Gasteiger charge is 2.57. The molecule has 2 fully saturated rings. The highest BCUT2D eigenvalue weighted by atomic mass is 35.5. The molecule has 3 nitrogen and oxygen atoms in total. The number of rotatable bonds is 1. The van der Waals surface area contributed by atoms with E-state index in [4.69, 9.17) is 23.2 Å². The first-order valence-electron chi connectivity index (χ1n) is 4.04. The summed E-state index contributed by atoms with van der Waals surface area (Å²) in [4.78, 5) is 11.5. The van der Waals surface area contributed by atoms with Crippen molar-refractivity contribution in [2.45, 2.75) is 17.2 Å². The fraction of sp³-hybridized carbons (Fsp3) is 0.857. The quantitative estimate of drug-likeness (QED) is 0.651. The molecule has 1 N–H and O–H groups in total. The predicted octanol–water partition coefficient (Wildman–Crippen LogP) is 0.917. The summed E-state index contributed by atoms with van der Waals surface area (Å²) in [7, 11) is 0. The number of carbonyl (C=O) groups is 1. The molecule has 1 saturated carbocycles. The smallest absolute Gasteiger partial charge is 0.242 e. The largest absolute Gasteiger partial charge is 0.278 e. The van der Waals surface area contributed by atoms with Crippen LogP contribution in [0.3, 0.4) is 0 Å². The molecule has 1 atom stereocenters. The highest BCUT2D eigenvalue weighted by molar-refractivity contribution is 6.52. The predicted molar refractivity (Wildman–Crippen MR) is 46.9 cm³/mol. The van der Waals surface area contributed by atoms with Crippen molar-refractivity contribution in [1.82, 2.24) is 10.4 Å². The molecule has 2 aliphatic rings. The topological polar surface area (TPSA) is 32.3 Å². The number of carbonyl (C=O) groups excluding carboxylic acids is 1. The molecule has 1 aliphatic carbocycles. The van der Waals surface area contributed by atoms with Crippen molar-refractivity contribution in [3.8, 4) is 0 Å². The van der Waals surface area contributed by atoms with Crippen LogP contribution >= 0.6 is 23.2 Å². The fourth-order valence-electron chi connectivity index (χ4n) is 1.39. The number of alkyl halides is 2. The van der Waals surface area contributed by atoms with Crippen molar-refractivity contribution < 1.29 is 4.79 Å². The first-order valence-corrected chi connectivity index (χ1v) is 4.79. The molecular weight excluding hydrogens is 199 g/mol. The fourth-order valence-corrected chi connectivity index (χ4v) is 1.88. The Hall–Kier alpha value is 0.01000. The average Bonchev–Trinajstić information content (AvgIpc) is 2.56. The Morgan fingerprint density at radius 2 is 2.25 bits per heavy atom. The monoisotopic (exact) mass is 208 g/mol. The Kier molecular flexibility index (Phi) is 1.97. The summed E-state index contributed by atoms with van der Waals surface area (Å²) >= 11 is 11.5. The van der Waals surface area contributed by atoms with E-state index < -0.39 is 4.33 Å². The van der Waals surface area contributed by atoms with Gasteiger partial charge in [-0.15, -0.1) is 23.2 Å². The number of hydrazine groups is 1. The van der Waals surface area contributed by atoms with Crippen LogP contribution < -0.4 is 5.43 Å². The van der Waals surface area contributed by atoms with Crippen LogP contribution in [0, 0.1) is 5.92 Å². The Morgan fingerprint density at radius 1 is 1.58 bits per heavy atom. The van der Waals surface area contributed by atoms with Crippen LogP contribution in [-0.4, -0.2) is 28.3 Å².